The van der Waals surface area contributed by atoms with Gasteiger partial charge < -0.3 is 10.1 Å². The Labute approximate surface area is 174 Å². The average molecular weight is 418 g/mol. The molecule has 154 valence electrons. The minimum absolute atomic E-state index is 0.0805. The van der Waals surface area contributed by atoms with Gasteiger partial charge in [0, 0.05) is 31.8 Å². The molecule has 0 radical (unpaired) electrons. The summed E-state index contributed by atoms with van der Waals surface area (Å²) >= 11 is 5.99. The number of nitro groups is 1. The van der Waals surface area contributed by atoms with E-state index in [4.69, 9.17) is 16.3 Å². The second-order valence-electron chi connectivity index (χ2n) is 6.95. The molecule has 1 amide bonds. The summed E-state index contributed by atoms with van der Waals surface area (Å²) in [6.07, 6.45) is 1.90. The van der Waals surface area contributed by atoms with Crippen LogP contribution in [-0.2, 0) is 4.74 Å². The molecule has 8 heteroatoms. The molecule has 1 aliphatic rings. The summed E-state index contributed by atoms with van der Waals surface area (Å²) in [5.74, 6) is -0.319. The molecule has 0 saturated carbocycles. The maximum Gasteiger partial charge on any atom is 0.270 e. The van der Waals surface area contributed by atoms with Crippen LogP contribution in [0.25, 0.3) is 0 Å². The molecule has 29 heavy (non-hydrogen) atoms. The molecule has 3 rings (SSSR count). The van der Waals surface area contributed by atoms with E-state index in [2.05, 4.69) is 22.3 Å². The van der Waals surface area contributed by atoms with Crippen LogP contribution >= 0.6 is 11.6 Å². The third kappa shape index (κ3) is 6.00. The number of non-ortho nitro benzene ring substituents is 1. The number of nitro benzene ring substituents is 1. The zero-order valence-corrected chi connectivity index (χ0v) is 16.8. The Balaban J connectivity index is 1.38. The van der Waals surface area contributed by atoms with Crippen molar-refractivity contribution < 1.29 is 14.5 Å². The highest BCUT2D eigenvalue weighted by Gasteiger charge is 2.21. The van der Waals surface area contributed by atoms with E-state index in [0.29, 0.717) is 6.54 Å². The van der Waals surface area contributed by atoms with Crippen LogP contribution in [0.1, 0.15) is 34.9 Å². The van der Waals surface area contributed by atoms with Crippen molar-refractivity contribution in [3.63, 3.8) is 0 Å². The van der Waals surface area contributed by atoms with Gasteiger partial charge in [-0.15, -0.1) is 0 Å². The second-order valence-corrected chi connectivity index (χ2v) is 7.36. The Bertz CT molecular complexity index is 847. The first-order valence-electron chi connectivity index (χ1n) is 9.65. The predicted octanol–water partition coefficient (Wildman–Crippen LogP) is 3.83. The minimum atomic E-state index is -0.540. The summed E-state index contributed by atoms with van der Waals surface area (Å²) in [6, 6.07) is 14.1. The zero-order chi connectivity index (χ0) is 20.6. The summed E-state index contributed by atoms with van der Waals surface area (Å²) in [6.45, 7) is 3.97. The number of ether oxygens (including phenoxy) is 1. The third-order valence-corrected chi connectivity index (χ3v) is 5.23. The van der Waals surface area contributed by atoms with Crippen LogP contribution in [0.2, 0.25) is 5.02 Å². The molecule has 1 aliphatic heterocycles. The highest BCUT2D eigenvalue weighted by Crippen LogP contribution is 2.23. The fourth-order valence-electron chi connectivity index (χ4n) is 3.33. The molecule has 0 bridgehead atoms. The van der Waals surface area contributed by atoms with Crippen LogP contribution in [0.5, 0.6) is 0 Å². The molecule has 0 aliphatic carbocycles. The van der Waals surface area contributed by atoms with E-state index < -0.39 is 4.92 Å². The Kier molecular flexibility index (Phi) is 7.57. The number of unbranched alkanes of at least 4 members (excludes halogenated alkanes) is 1. The first kappa shape index (κ1) is 21.2. The summed E-state index contributed by atoms with van der Waals surface area (Å²) in [5, 5.41) is 13.6. The van der Waals surface area contributed by atoms with E-state index in [-0.39, 0.29) is 28.3 Å². The maximum absolute atomic E-state index is 12.2. The van der Waals surface area contributed by atoms with E-state index >= 15 is 0 Å². The fraction of sp³-hybridized carbons (Fsp3) is 0.381. The number of amides is 1. The van der Waals surface area contributed by atoms with E-state index in [9.17, 15) is 14.9 Å². The summed E-state index contributed by atoms with van der Waals surface area (Å²) < 4.78 is 5.88. The van der Waals surface area contributed by atoms with Gasteiger partial charge in [0.2, 0.25) is 0 Å². The van der Waals surface area contributed by atoms with Gasteiger partial charge in [-0.1, -0.05) is 41.9 Å². The van der Waals surface area contributed by atoms with E-state index in [1.165, 1.54) is 23.8 Å². The SMILES string of the molecule is O=C(NCCCCN1CCOC(c2ccccc2)C1)c1ccc([N+](=O)[O-])cc1Cl. The van der Waals surface area contributed by atoms with Crippen LogP contribution in [-0.4, -0.2) is 48.5 Å². The second kappa shape index (κ2) is 10.3. The number of carbonyl (C=O) groups is 1. The molecule has 1 heterocycles. The molecule has 1 fully saturated rings. The Morgan fingerprint density at radius 3 is 2.76 bits per heavy atom. The molecule has 0 aromatic heterocycles. The van der Waals surface area contributed by atoms with E-state index in [1.54, 1.807) is 0 Å². The van der Waals surface area contributed by atoms with Gasteiger partial charge in [0.25, 0.3) is 11.6 Å². The molecular formula is C21H24ClN3O4. The van der Waals surface area contributed by atoms with Crippen molar-refractivity contribution in [2.75, 3.05) is 32.8 Å². The van der Waals surface area contributed by atoms with Crippen molar-refractivity contribution in [2.45, 2.75) is 18.9 Å². The summed E-state index contributed by atoms with van der Waals surface area (Å²) in [5.41, 5.74) is 1.31. The predicted molar refractivity (Wildman–Crippen MR) is 111 cm³/mol. The monoisotopic (exact) mass is 417 g/mol. The van der Waals surface area contributed by atoms with Gasteiger partial charge in [0.05, 0.1) is 28.2 Å². The van der Waals surface area contributed by atoms with Crippen molar-refractivity contribution in [3.05, 3.63) is 74.8 Å². The number of hydrogen-bond donors (Lipinski definition) is 1. The van der Waals surface area contributed by atoms with E-state index in [1.807, 2.05) is 18.2 Å². The lowest BCUT2D eigenvalue weighted by Crippen LogP contribution is -2.39. The maximum atomic E-state index is 12.2. The van der Waals surface area contributed by atoms with Crippen molar-refractivity contribution >= 4 is 23.2 Å². The molecular weight excluding hydrogens is 394 g/mol. The minimum Gasteiger partial charge on any atom is -0.371 e. The molecule has 1 atom stereocenters. The van der Waals surface area contributed by atoms with Gasteiger partial charge in [-0.25, -0.2) is 0 Å². The lowest BCUT2D eigenvalue weighted by atomic mass is 10.1. The number of morpholine rings is 1. The normalized spacial score (nSPS) is 17.1. The van der Waals surface area contributed by atoms with Crippen molar-refractivity contribution in [2.24, 2.45) is 0 Å². The molecule has 2 aromatic carbocycles. The van der Waals surface area contributed by atoms with Crippen LogP contribution in [0.3, 0.4) is 0 Å². The summed E-state index contributed by atoms with van der Waals surface area (Å²) in [4.78, 5) is 24.8. The molecule has 1 saturated heterocycles. The number of nitrogens with zero attached hydrogens (tertiary/aromatic N) is 2. The number of benzene rings is 2. The topological polar surface area (TPSA) is 84.7 Å². The highest BCUT2D eigenvalue weighted by atomic mass is 35.5. The zero-order valence-electron chi connectivity index (χ0n) is 16.1. The smallest absolute Gasteiger partial charge is 0.270 e. The molecule has 1 N–H and O–H groups in total. The summed E-state index contributed by atoms with van der Waals surface area (Å²) in [7, 11) is 0. The van der Waals surface area contributed by atoms with Crippen LogP contribution in [0, 0.1) is 10.1 Å². The average Bonchev–Trinajstić information content (AvgIpc) is 2.74. The Hall–Kier alpha value is -2.48. The lowest BCUT2D eigenvalue weighted by Gasteiger charge is -2.33. The quantitative estimate of drug-likeness (QED) is 0.401. The van der Waals surface area contributed by atoms with E-state index in [0.717, 1.165) is 39.1 Å². The van der Waals surface area contributed by atoms with Crippen LogP contribution < -0.4 is 5.32 Å². The number of rotatable bonds is 8. The van der Waals surface area contributed by atoms with Crippen LogP contribution in [0.4, 0.5) is 5.69 Å². The molecule has 2 aromatic rings. The van der Waals surface area contributed by atoms with Crippen molar-refractivity contribution in [1.29, 1.82) is 0 Å². The van der Waals surface area contributed by atoms with Gasteiger partial charge >= 0.3 is 0 Å². The lowest BCUT2D eigenvalue weighted by molar-refractivity contribution is -0.384. The van der Waals surface area contributed by atoms with Crippen LogP contribution in [0.15, 0.2) is 48.5 Å². The van der Waals surface area contributed by atoms with Crippen molar-refractivity contribution in [3.8, 4) is 0 Å². The van der Waals surface area contributed by atoms with Crippen molar-refractivity contribution in [1.82, 2.24) is 10.2 Å². The Morgan fingerprint density at radius 1 is 1.24 bits per heavy atom. The third-order valence-electron chi connectivity index (χ3n) is 4.92. The Morgan fingerprint density at radius 2 is 2.03 bits per heavy atom. The van der Waals surface area contributed by atoms with Gasteiger partial charge in [0.15, 0.2) is 0 Å². The van der Waals surface area contributed by atoms with Gasteiger partial charge in [-0.2, -0.15) is 0 Å². The van der Waals surface area contributed by atoms with Gasteiger partial charge in [0.1, 0.15) is 0 Å². The first-order chi connectivity index (χ1) is 14.0. The number of hydrogen-bond acceptors (Lipinski definition) is 5. The van der Waals surface area contributed by atoms with Gasteiger partial charge in [-0.05, 0) is 31.0 Å². The van der Waals surface area contributed by atoms with Gasteiger partial charge in [-0.3, -0.25) is 19.8 Å². The highest BCUT2D eigenvalue weighted by molar-refractivity contribution is 6.34. The first-order valence-corrected chi connectivity index (χ1v) is 10.0. The molecule has 1 unspecified atom stereocenters. The molecule has 0 spiro atoms. The molecule has 7 nitrogen and oxygen atoms in total. The largest absolute Gasteiger partial charge is 0.371 e. The fourth-order valence-corrected chi connectivity index (χ4v) is 3.59. The number of carbonyl (C=O) groups excluding carboxylic acids is 1. The number of nitrogens with one attached hydrogen (secondary N) is 1. The standard InChI is InChI=1S/C21H24ClN3O4/c22-19-14-17(25(27)28)8-9-18(19)21(26)23-10-4-5-11-24-12-13-29-20(15-24)16-6-2-1-3-7-16/h1-3,6-9,14,20H,4-5,10-13,15H2,(H,23,26). The number of halogens is 1.